The molecule has 0 aromatic carbocycles. The van der Waals surface area contributed by atoms with E-state index in [1.807, 2.05) is 13.0 Å². The predicted molar refractivity (Wildman–Crippen MR) is 61.7 cm³/mol. The number of nitrogens with zero attached hydrogens (tertiary/aromatic N) is 2. The lowest BCUT2D eigenvalue weighted by Gasteiger charge is -2.01. The van der Waals surface area contributed by atoms with E-state index in [2.05, 4.69) is 9.97 Å². The van der Waals surface area contributed by atoms with E-state index in [1.54, 1.807) is 12.4 Å². The highest BCUT2D eigenvalue weighted by atomic mass is 16.6. The summed E-state index contributed by atoms with van der Waals surface area (Å²) in [6, 6.07) is 3.08. The number of pyridine rings is 2. The van der Waals surface area contributed by atoms with Crippen LogP contribution in [0.3, 0.4) is 0 Å². The Bertz CT molecular complexity index is 634. The van der Waals surface area contributed by atoms with Crippen LogP contribution in [0.1, 0.15) is 5.56 Å². The Hall–Kier alpha value is -2.50. The van der Waals surface area contributed by atoms with Crippen molar-refractivity contribution in [2.24, 2.45) is 0 Å². The standard InChI is InChI=1S/C11H9N3O3/c1-7-2-8(5-12-4-7)9-3-10(14(16)17)11(15)13-6-9/h2-6H,1H3,(H,13,15). The molecule has 0 atom stereocenters. The molecule has 0 saturated heterocycles. The van der Waals surface area contributed by atoms with Crippen LogP contribution in [0.15, 0.2) is 35.5 Å². The van der Waals surface area contributed by atoms with Gasteiger partial charge in [-0.1, -0.05) is 0 Å². The Kier molecular flexibility index (Phi) is 2.70. The fourth-order valence-electron chi connectivity index (χ4n) is 1.49. The second kappa shape index (κ2) is 4.17. The van der Waals surface area contributed by atoms with Gasteiger partial charge in [0, 0.05) is 35.8 Å². The number of hydrogen-bond donors (Lipinski definition) is 1. The summed E-state index contributed by atoms with van der Waals surface area (Å²) in [6.45, 7) is 1.87. The first-order chi connectivity index (χ1) is 8.08. The van der Waals surface area contributed by atoms with Gasteiger partial charge >= 0.3 is 11.2 Å². The van der Waals surface area contributed by atoms with Crippen LogP contribution in [0, 0.1) is 17.0 Å². The molecule has 6 heteroatoms. The highest BCUT2D eigenvalue weighted by Crippen LogP contribution is 2.20. The Labute approximate surface area is 96.1 Å². The largest absolute Gasteiger partial charge is 0.334 e. The second-order valence-corrected chi connectivity index (χ2v) is 3.61. The Morgan fingerprint density at radius 2 is 2.06 bits per heavy atom. The SMILES string of the molecule is Cc1cncc(-c2c[nH]c(=O)c([N+](=O)[O-])c2)c1. The van der Waals surface area contributed by atoms with Gasteiger partial charge in [0.2, 0.25) is 0 Å². The molecular formula is C11H9N3O3. The maximum absolute atomic E-state index is 11.2. The van der Waals surface area contributed by atoms with Crippen LogP contribution in [-0.4, -0.2) is 14.9 Å². The van der Waals surface area contributed by atoms with Crippen molar-refractivity contribution in [2.45, 2.75) is 6.92 Å². The number of aryl methyl sites for hydroxylation is 1. The van der Waals surface area contributed by atoms with Crippen molar-refractivity contribution in [3.8, 4) is 11.1 Å². The van der Waals surface area contributed by atoms with E-state index in [0.717, 1.165) is 11.1 Å². The molecule has 0 amide bonds. The number of nitrogens with one attached hydrogen (secondary N) is 1. The summed E-state index contributed by atoms with van der Waals surface area (Å²) in [7, 11) is 0. The first kappa shape index (κ1) is 11.0. The third kappa shape index (κ3) is 2.20. The average molecular weight is 231 g/mol. The minimum Gasteiger partial charge on any atom is -0.323 e. The van der Waals surface area contributed by atoms with E-state index in [0.29, 0.717) is 5.56 Å². The molecule has 2 rings (SSSR count). The van der Waals surface area contributed by atoms with Gasteiger partial charge in [-0.2, -0.15) is 0 Å². The van der Waals surface area contributed by atoms with Gasteiger partial charge in [-0.15, -0.1) is 0 Å². The number of H-pyrrole nitrogens is 1. The molecule has 0 spiro atoms. The fraction of sp³-hybridized carbons (Fsp3) is 0.0909. The molecule has 86 valence electrons. The second-order valence-electron chi connectivity index (χ2n) is 3.61. The van der Waals surface area contributed by atoms with Gasteiger partial charge in [-0.3, -0.25) is 19.9 Å². The fourth-order valence-corrected chi connectivity index (χ4v) is 1.49. The molecule has 17 heavy (non-hydrogen) atoms. The van der Waals surface area contributed by atoms with Crippen LogP contribution in [0.4, 0.5) is 5.69 Å². The minimum absolute atomic E-state index is 0.469. The number of rotatable bonds is 2. The summed E-state index contributed by atoms with van der Waals surface area (Å²) >= 11 is 0. The molecule has 0 aliphatic carbocycles. The maximum atomic E-state index is 11.2. The van der Waals surface area contributed by atoms with Gasteiger partial charge in [0.15, 0.2) is 0 Å². The normalized spacial score (nSPS) is 10.2. The molecule has 0 bridgehead atoms. The Morgan fingerprint density at radius 3 is 2.71 bits per heavy atom. The molecule has 2 aromatic rings. The van der Waals surface area contributed by atoms with E-state index < -0.39 is 16.2 Å². The molecular weight excluding hydrogens is 222 g/mol. The van der Waals surface area contributed by atoms with Gasteiger partial charge in [0.1, 0.15) is 0 Å². The maximum Gasteiger partial charge on any atom is 0.334 e. The van der Waals surface area contributed by atoms with Gasteiger partial charge in [-0.25, -0.2) is 0 Å². The quantitative estimate of drug-likeness (QED) is 0.628. The predicted octanol–water partition coefficient (Wildman–Crippen LogP) is 1.65. The van der Waals surface area contributed by atoms with Crippen LogP contribution in [0.2, 0.25) is 0 Å². The summed E-state index contributed by atoms with van der Waals surface area (Å²) in [5, 5.41) is 10.6. The highest BCUT2D eigenvalue weighted by molar-refractivity contribution is 5.64. The topological polar surface area (TPSA) is 88.9 Å². The van der Waals surface area contributed by atoms with Gasteiger partial charge < -0.3 is 4.98 Å². The summed E-state index contributed by atoms with van der Waals surface area (Å²) in [5.41, 5.74) is 1.05. The van der Waals surface area contributed by atoms with Crippen LogP contribution >= 0.6 is 0 Å². The van der Waals surface area contributed by atoms with Crippen molar-refractivity contribution >= 4 is 5.69 Å². The zero-order valence-corrected chi connectivity index (χ0v) is 9.01. The molecule has 2 heterocycles. The third-order valence-corrected chi connectivity index (χ3v) is 2.29. The molecule has 0 unspecified atom stereocenters. The molecule has 1 N–H and O–H groups in total. The Morgan fingerprint density at radius 1 is 1.29 bits per heavy atom. The smallest absolute Gasteiger partial charge is 0.323 e. The first-order valence-corrected chi connectivity index (χ1v) is 4.87. The number of aromatic amines is 1. The van der Waals surface area contributed by atoms with Crippen molar-refractivity contribution in [1.29, 1.82) is 0 Å². The van der Waals surface area contributed by atoms with E-state index in [1.165, 1.54) is 12.3 Å². The molecule has 0 aliphatic heterocycles. The van der Waals surface area contributed by atoms with Crippen LogP contribution in [0.5, 0.6) is 0 Å². The van der Waals surface area contributed by atoms with Crippen LogP contribution in [-0.2, 0) is 0 Å². The first-order valence-electron chi connectivity index (χ1n) is 4.87. The summed E-state index contributed by atoms with van der Waals surface area (Å²) < 4.78 is 0. The molecule has 2 aromatic heterocycles. The van der Waals surface area contributed by atoms with Crippen molar-refractivity contribution in [3.05, 3.63) is 56.8 Å². The van der Waals surface area contributed by atoms with Crippen LogP contribution in [0.25, 0.3) is 11.1 Å². The van der Waals surface area contributed by atoms with Crippen molar-refractivity contribution in [2.75, 3.05) is 0 Å². The summed E-state index contributed by atoms with van der Waals surface area (Å²) in [6.07, 6.45) is 4.71. The van der Waals surface area contributed by atoms with E-state index in [9.17, 15) is 14.9 Å². The van der Waals surface area contributed by atoms with E-state index >= 15 is 0 Å². The van der Waals surface area contributed by atoms with Crippen molar-refractivity contribution in [3.63, 3.8) is 0 Å². The number of hydrogen-bond acceptors (Lipinski definition) is 4. The monoisotopic (exact) mass is 231 g/mol. The number of aromatic nitrogens is 2. The molecule has 0 fully saturated rings. The lowest BCUT2D eigenvalue weighted by Crippen LogP contribution is -2.10. The number of nitro groups is 1. The molecule has 6 nitrogen and oxygen atoms in total. The molecule has 0 aliphatic rings. The summed E-state index contributed by atoms with van der Waals surface area (Å²) in [5.74, 6) is 0. The van der Waals surface area contributed by atoms with Crippen LogP contribution < -0.4 is 5.56 Å². The zero-order chi connectivity index (χ0) is 12.4. The van der Waals surface area contributed by atoms with Crippen molar-refractivity contribution in [1.82, 2.24) is 9.97 Å². The third-order valence-electron chi connectivity index (χ3n) is 2.29. The lowest BCUT2D eigenvalue weighted by atomic mass is 10.1. The van der Waals surface area contributed by atoms with E-state index in [4.69, 9.17) is 0 Å². The highest BCUT2D eigenvalue weighted by Gasteiger charge is 2.13. The summed E-state index contributed by atoms with van der Waals surface area (Å²) in [4.78, 5) is 27.5. The molecule has 0 saturated carbocycles. The van der Waals surface area contributed by atoms with Gasteiger partial charge in [0.25, 0.3) is 0 Å². The van der Waals surface area contributed by atoms with Crippen molar-refractivity contribution < 1.29 is 4.92 Å². The molecule has 0 radical (unpaired) electrons. The van der Waals surface area contributed by atoms with Gasteiger partial charge in [0.05, 0.1) is 4.92 Å². The minimum atomic E-state index is -0.709. The van der Waals surface area contributed by atoms with E-state index in [-0.39, 0.29) is 0 Å². The Balaban J connectivity index is 2.58. The average Bonchev–Trinajstić information content (AvgIpc) is 2.29. The van der Waals surface area contributed by atoms with Gasteiger partial charge in [-0.05, 0) is 18.6 Å². The zero-order valence-electron chi connectivity index (χ0n) is 9.01. The lowest BCUT2D eigenvalue weighted by molar-refractivity contribution is -0.386.